The number of aryl methyl sites for hydroxylation is 3. The maximum Gasteiger partial charge on any atom is 0.251 e. The quantitative estimate of drug-likeness (QED) is 0.685. The van der Waals surface area contributed by atoms with Gasteiger partial charge in [-0.25, -0.2) is 9.67 Å². The van der Waals surface area contributed by atoms with Gasteiger partial charge in [-0.15, -0.1) is 0 Å². The van der Waals surface area contributed by atoms with Gasteiger partial charge in [0.2, 0.25) is 0 Å². The second kappa shape index (κ2) is 7.58. The Bertz CT molecular complexity index is 967. The Morgan fingerprint density at radius 3 is 2.57 bits per heavy atom. The summed E-state index contributed by atoms with van der Waals surface area (Å²) in [7, 11) is 0. The van der Waals surface area contributed by atoms with Gasteiger partial charge in [-0.1, -0.05) is 12.1 Å². The van der Waals surface area contributed by atoms with Crippen LogP contribution in [0.15, 0.2) is 36.7 Å². The summed E-state index contributed by atoms with van der Waals surface area (Å²) < 4.78 is 3.84. The zero-order chi connectivity index (χ0) is 19.7. The summed E-state index contributed by atoms with van der Waals surface area (Å²) in [6, 6.07) is 9.73. The Morgan fingerprint density at radius 2 is 1.96 bits per heavy atom. The minimum atomic E-state index is -0.0793. The van der Waals surface area contributed by atoms with E-state index >= 15 is 0 Å². The van der Waals surface area contributed by atoms with E-state index in [-0.39, 0.29) is 11.9 Å². The lowest BCUT2D eigenvalue weighted by Gasteiger charge is -2.18. The summed E-state index contributed by atoms with van der Waals surface area (Å²) in [5, 5.41) is 11.9. The minimum absolute atomic E-state index is 0.0692. The number of nitrogens with zero attached hydrogens (tertiary/aromatic N) is 5. The van der Waals surface area contributed by atoms with Gasteiger partial charge in [-0.05, 0) is 63.3 Å². The molecule has 3 aromatic rings. The van der Waals surface area contributed by atoms with Crippen LogP contribution in [0.25, 0.3) is 0 Å². The number of hydrogen-bond donors (Lipinski definition) is 1. The molecule has 1 aliphatic rings. The number of carbonyl (C=O) groups is 1. The molecule has 0 aliphatic heterocycles. The number of aromatic nitrogens is 5. The van der Waals surface area contributed by atoms with E-state index in [1.54, 1.807) is 6.33 Å². The van der Waals surface area contributed by atoms with Crippen molar-refractivity contribution >= 4 is 5.91 Å². The van der Waals surface area contributed by atoms with Crippen molar-refractivity contribution in [3.05, 3.63) is 65.0 Å². The van der Waals surface area contributed by atoms with E-state index in [2.05, 4.69) is 33.5 Å². The lowest BCUT2D eigenvalue weighted by molar-refractivity contribution is 0.0928. The monoisotopic (exact) mass is 378 g/mol. The van der Waals surface area contributed by atoms with Crippen LogP contribution in [-0.4, -0.2) is 30.5 Å². The number of rotatable bonds is 7. The van der Waals surface area contributed by atoms with Crippen LogP contribution >= 0.6 is 0 Å². The number of benzene rings is 1. The maximum absolute atomic E-state index is 12.8. The van der Waals surface area contributed by atoms with Crippen molar-refractivity contribution in [3.63, 3.8) is 0 Å². The lowest BCUT2D eigenvalue weighted by atomic mass is 10.1. The zero-order valence-corrected chi connectivity index (χ0v) is 16.6. The topological polar surface area (TPSA) is 77.6 Å². The van der Waals surface area contributed by atoms with Crippen molar-refractivity contribution in [2.75, 3.05) is 0 Å². The van der Waals surface area contributed by atoms with E-state index in [9.17, 15) is 4.79 Å². The summed E-state index contributed by atoms with van der Waals surface area (Å²) in [4.78, 5) is 17.2. The van der Waals surface area contributed by atoms with E-state index in [4.69, 9.17) is 0 Å². The van der Waals surface area contributed by atoms with Crippen molar-refractivity contribution in [2.45, 2.75) is 52.7 Å². The maximum atomic E-state index is 12.8. The number of amides is 1. The third kappa shape index (κ3) is 3.83. The Labute approximate surface area is 164 Å². The van der Waals surface area contributed by atoms with E-state index in [0.717, 1.165) is 42.2 Å². The smallest absolute Gasteiger partial charge is 0.251 e. The van der Waals surface area contributed by atoms with Crippen LogP contribution < -0.4 is 5.32 Å². The van der Waals surface area contributed by atoms with Gasteiger partial charge in [-0.2, -0.15) is 10.2 Å². The molecule has 28 heavy (non-hydrogen) atoms. The highest BCUT2D eigenvalue weighted by atomic mass is 16.1. The third-order valence-corrected chi connectivity index (χ3v) is 5.26. The average Bonchev–Trinajstić information content (AvgIpc) is 3.33. The molecule has 1 atom stereocenters. The van der Waals surface area contributed by atoms with Gasteiger partial charge in [0.25, 0.3) is 5.91 Å². The molecule has 1 saturated carbocycles. The molecule has 7 nitrogen and oxygen atoms in total. The van der Waals surface area contributed by atoms with Crippen molar-refractivity contribution < 1.29 is 4.79 Å². The van der Waals surface area contributed by atoms with Crippen LogP contribution in [0.4, 0.5) is 0 Å². The molecule has 0 bridgehead atoms. The highest BCUT2D eigenvalue weighted by Crippen LogP contribution is 2.40. The van der Waals surface area contributed by atoms with Crippen molar-refractivity contribution in [3.8, 4) is 0 Å². The largest absolute Gasteiger partial charge is 0.342 e. The summed E-state index contributed by atoms with van der Waals surface area (Å²) in [6.07, 6.45) is 3.79. The predicted molar refractivity (Wildman–Crippen MR) is 106 cm³/mol. The standard InChI is InChI=1S/C21H26N6O/c1-4-26-20(22-13-23-26)19(17-9-10-17)24-21(28)18-7-5-16(6-8-18)12-27-15(3)11-14(2)25-27/h5-8,11,13,17,19H,4,9-10,12H2,1-3H3,(H,24,28)/t19-/m1/s1. The molecule has 0 saturated heterocycles. The molecule has 2 aromatic heterocycles. The zero-order valence-electron chi connectivity index (χ0n) is 16.6. The number of carbonyl (C=O) groups excluding carboxylic acids is 1. The first-order chi connectivity index (χ1) is 13.5. The minimum Gasteiger partial charge on any atom is -0.342 e. The molecule has 0 unspecified atom stereocenters. The van der Waals surface area contributed by atoms with Crippen LogP contribution in [0.3, 0.4) is 0 Å². The van der Waals surface area contributed by atoms with Gasteiger partial charge < -0.3 is 5.32 Å². The molecule has 4 rings (SSSR count). The van der Waals surface area contributed by atoms with Gasteiger partial charge >= 0.3 is 0 Å². The third-order valence-electron chi connectivity index (χ3n) is 5.26. The van der Waals surface area contributed by atoms with Crippen molar-refractivity contribution in [2.24, 2.45) is 5.92 Å². The van der Waals surface area contributed by atoms with E-state index in [1.807, 2.05) is 47.5 Å². The van der Waals surface area contributed by atoms with Crippen LogP contribution in [0.2, 0.25) is 0 Å². The first-order valence-corrected chi connectivity index (χ1v) is 9.83. The first-order valence-electron chi connectivity index (χ1n) is 9.83. The SMILES string of the molecule is CCn1ncnc1[C@H](NC(=O)c1ccc(Cn2nc(C)cc2C)cc1)C1CC1. The van der Waals surface area contributed by atoms with Gasteiger partial charge in [0.1, 0.15) is 12.2 Å². The van der Waals surface area contributed by atoms with Crippen molar-refractivity contribution in [1.29, 1.82) is 0 Å². The predicted octanol–water partition coefficient (Wildman–Crippen LogP) is 3.04. The molecule has 1 aliphatic carbocycles. The Hall–Kier alpha value is -2.96. The van der Waals surface area contributed by atoms with Gasteiger partial charge in [-0.3, -0.25) is 9.48 Å². The molecule has 1 aromatic carbocycles. The van der Waals surface area contributed by atoms with Crippen LogP contribution in [-0.2, 0) is 13.1 Å². The lowest BCUT2D eigenvalue weighted by Crippen LogP contribution is -2.32. The molecule has 0 spiro atoms. The summed E-state index contributed by atoms with van der Waals surface area (Å²) in [5.41, 5.74) is 3.92. The fourth-order valence-corrected chi connectivity index (χ4v) is 3.57. The molecule has 7 heteroatoms. The Morgan fingerprint density at radius 1 is 1.21 bits per heavy atom. The highest BCUT2D eigenvalue weighted by molar-refractivity contribution is 5.94. The molecular weight excluding hydrogens is 352 g/mol. The van der Waals surface area contributed by atoms with Gasteiger partial charge in [0.05, 0.1) is 18.3 Å². The highest BCUT2D eigenvalue weighted by Gasteiger charge is 2.36. The molecule has 1 N–H and O–H groups in total. The normalized spacial score (nSPS) is 14.8. The molecular formula is C21H26N6O. The molecule has 1 fully saturated rings. The fourth-order valence-electron chi connectivity index (χ4n) is 3.57. The van der Waals surface area contributed by atoms with E-state index < -0.39 is 0 Å². The molecule has 1 amide bonds. The average molecular weight is 378 g/mol. The van der Waals surface area contributed by atoms with Crippen LogP contribution in [0.1, 0.15) is 58.9 Å². The number of nitrogens with one attached hydrogen (secondary N) is 1. The Balaban J connectivity index is 1.46. The van der Waals surface area contributed by atoms with E-state index in [1.165, 1.54) is 0 Å². The summed E-state index contributed by atoms with van der Waals surface area (Å²) >= 11 is 0. The number of hydrogen-bond acceptors (Lipinski definition) is 4. The fraction of sp³-hybridized carbons (Fsp3) is 0.429. The van der Waals surface area contributed by atoms with Crippen LogP contribution in [0.5, 0.6) is 0 Å². The van der Waals surface area contributed by atoms with Crippen LogP contribution in [0, 0.1) is 19.8 Å². The first kappa shape index (κ1) is 18.4. The molecule has 146 valence electrons. The molecule has 0 radical (unpaired) electrons. The van der Waals surface area contributed by atoms with Crippen molar-refractivity contribution in [1.82, 2.24) is 29.9 Å². The van der Waals surface area contributed by atoms with Gasteiger partial charge in [0.15, 0.2) is 0 Å². The molecule has 2 heterocycles. The second-order valence-corrected chi connectivity index (χ2v) is 7.50. The van der Waals surface area contributed by atoms with Gasteiger partial charge in [0, 0.05) is 17.8 Å². The second-order valence-electron chi connectivity index (χ2n) is 7.50. The Kier molecular flexibility index (Phi) is 4.98. The summed E-state index contributed by atoms with van der Waals surface area (Å²) in [5.74, 6) is 1.23. The van der Waals surface area contributed by atoms with E-state index in [0.29, 0.717) is 18.0 Å². The summed E-state index contributed by atoms with van der Waals surface area (Å²) in [6.45, 7) is 7.52.